The molecule has 2 heteroatoms. The summed E-state index contributed by atoms with van der Waals surface area (Å²) in [6, 6.07) is 9.38. The van der Waals surface area contributed by atoms with Gasteiger partial charge >= 0.3 is 0 Å². The van der Waals surface area contributed by atoms with E-state index in [1.165, 1.54) is 45.1 Å². The highest BCUT2D eigenvalue weighted by Gasteiger charge is 2.21. The Kier molecular flexibility index (Phi) is 4.49. The lowest BCUT2D eigenvalue weighted by atomic mass is 9.78. The smallest absolute Gasteiger partial charge is 0.0479 e. The number of aryl methyl sites for hydroxylation is 4. The molecule has 1 atom stereocenters. The van der Waals surface area contributed by atoms with Gasteiger partial charge in [0, 0.05) is 9.26 Å². The Hall–Kier alpha value is -1.03. The van der Waals surface area contributed by atoms with Crippen LogP contribution in [0.2, 0.25) is 0 Å². The van der Waals surface area contributed by atoms with Crippen molar-refractivity contribution >= 4 is 28.3 Å². The molecule has 0 amide bonds. The van der Waals surface area contributed by atoms with E-state index in [0.717, 1.165) is 12.1 Å². The maximum atomic E-state index is 6.09. The Morgan fingerprint density at radius 1 is 1.05 bits per heavy atom. The molecule has 1 aliphatic carbocycles. The molecule has 1 nitrogen and oxygen atoms in total. The number of anilines is 1. The summed E-state index contributed by atoms with van der Waals surface area (Å²) < 4.78 is 1.18. The van der Waals surface area contributed by atoms with Crippen molar-refractivity contribution in [1.29, 1.82) is 0 Å². The van der Waals surface area contributed by atoms with Gasteiger partial charge in [0.15, 0.2) is 0 Å². The summed E-state index contributed by atoms with van der Waals surface area (Å²) in [5, 5.41) is 0. The molecule has 2 aromatic carbocycles. The average Bonchev–Trinajstić information content (AvgIpc) is 2.47. The lowest BCUT2D eigenvalue weighted by Crippen LogP contribution is -2.13. The van der Waals surface area contributed by atoms with Crippen molar-refractivity contribution < 1.29 is 0 Å². The number of hydrogen-bond acceptors (Lipinski definition) is 1. The zero-order valence-electron chi connectivity index (χ0n) is 13.7. The lowest BCUT2D eigenvalue weighted by molar-refractivity contribution is 0.549. The first-order valence-corrected chi connectivity index (χ1v) is 9.18. The quantitative estimate of drug-likeness (QED) is 0.521. The van der Waals surface area contributed by atoms with Crippen LogP contribution in [0.25, 0.3) is 0 Å². The standard InChI is InChI=1S/C20H24IN/c1-12-8-16-5-4-6-17(18(16)9-13(12)2)10-15-7-14(3)20(22)19(21)11-15/h7-9,11,17H,4-6,10,22H2,1-3H3. The van der Waals surface area contributed by atoms with Crippen molar-refractivity contribution in [3.05, 3.63) is 61.2 Å². The lowest BCUT2D eigenvalue weighted by Gasteiger charge is -2.27. The normalized spacial score (nSPS) is 17.4. The third kappa shape index (κ3) is 3.03. The summed E-state index contributed by atoms with van der Waals surface area (Å²) >= 11 is 2.35. The van der Waals surface area contributed by atoms with Crippen LogP contribution in [0, 0.1) is 24.3 Å². The van der Waals surface area contributed by atoms with Crippen molar-refractivity contribution in [3.8, 4) is 0 Å². The number of nitrogen functional groups attached to an aromatic ring is 1. The Bertz CT molecular complexity index is 695. The van der Waals surface area contributed by atoms with Gasteiger partial charge in [-0.15, -0.1) is 0 Å². The van der Waals surface area contributed by atoms with Gasteiger partial charge in [-0.1, -0.05) is 18.2 Å². The highest BCUT2D eigenvalue weighted by molar-refractivity contribution is 14.1. The van der Waals surface area contributed by atoms with Crippen LogP contribution >= 0.6 is 22.6 Å². The van der Waals surface area contributed by atoms with Crippen LogP contribution in [-0.4, -0.2) is 0 Å². The van der Waals surface area contributed by atoms with E-state index in [4.69, 9.17) is 5.73 Å². The van der Waals surface area contributed by atoms with Gasteiger partial charge in [-0.2, -0.15) is 0 Å². The minimum Gasteiger partial charge on any atom is -0.398 e. The van der Waals surface area contributed by atoms with E-state index < -0.39 is 0 Å². The van der Waals surface area contributed by atoms with Crippen LogP contribution in [0.4, 0.5) is 5.69 Å². The zero-order valence-corrected chi connectivity index (χ0v) is 15.8. The van der Waals surface area contributed by atoms with Crippen LogP contribution in [-0.2, 0) is 12.8 Å². The molecule has 116 valence electrons. The van der Waals surface area contributed by atoms with E-state index >= 15 is 0 Å². The highest BCUT2D eigenvalue weighted by atomic mass is 127. The summed E-state index contributed by atoms with van der Waals surface area (Å²) in [4.78, 5) is 0. The molecule has 0 spiro atoms. The number of nitrogens with two attached hydrogens (primary N) is 1. The summed E-state index contributed by atoms with van der Waals surface area (Å²) in [5.74, 6) is 0.655. The van der Waals surface area contributed by atoms with E-state index in [-0.39, 0.29) is 0 Å². The zero-order chi connectivity index (χ0) is 15.9. The van der Waals surface area contributed by atoms with Crippen LogP contribution in [0.5, 0.6) is 0 Å². The minimum absolute atomic E-state index is 0.655. The third-order valence-electron chi connectivity index (χ3n) is 5.07. The fourth-order valence-electron chi connectivity index (χ4n) is 3.63. The van der Waals surface area contributed by atoms with Crippen molar-refractivity contribution in [2.45, 2.75) is 52.4 Å². The molecule has 2 N–H and O–H groups in total. The van der Waals surface area contributed by atoms with Crippen LogP contribution < -0.4 is 5.73 Å². The second-order valence-electron chi connectivity index (χ2n) is 6.74. The number of hydrogen-bond donors (Lipinski definition) is 1. The summed E-state index contributed by atoms with van der Waals surface area (Å²) in [5.41, 5.74) is 15.7. The predicted molar refractivity (Wildman–Crippen MR) is 104 cm³/mol. The molecule has 1 aliphatic rings. The number of benzene rings is 2. The van der Waals surface area contributed by atoms with E-state index in [0.29, 0.717) is 5.92 Å². The number of halogens is 1. The molecule has 22 heavy (non-hydrogen) atoms. The second-order valence-corrected chi connectivity index (χ2v) is 7.90. The molecule has 0 heterocycles. The molecule has 1 unspecified atom stereocenters. The van der Waals surface area contributed by atoms with Gasteiger partial charge in [-0.05, 0) is 114 Å². The maximum Gasteiger partial charge on any atom is 0.0479 e. The van der Waals surface area contributed by atoms with E-state index in [9.17, 15) is 0 Å². The van der Waals surface area contributed by atoms with Gasteiger partial charge in [0.05, 0.1) is 0 Å². The van der Waals surface area contributed by atoms with Crippen molar-refractivity contribution in [2.75, 3.05) is 5.73 Å². The first-order chi connectivity index (χ1) is 10.5. The van der Waals surface area contributed by atoms with Gasteiger partial charge in [-0.3, -0.25) is 0 Å². The van der Waals surface area contributed by atoms with Gasteiger partial charge in [-0.25, -0.2) is 0 Å². The third-order valence-corrected chi connectivity index (χ3v) is 5.96. The van der Waals surface area contributed by atoms with Gasteiger partial charge in [0.1, 0.15) is 0 Å². The summed E-state index contributed by atoms with van der Waals surface area (Å²) in [6.07, 6.45) is 4.98. The number of fused-ring (bicyclic) bond motifs is 1. The average molecular weight is 405 g/mol. The van der Waals surface area contributed by atoms with E-state index in [1.807, 2.05) is 0 Å². The molecule has 3 rings (SSSR count). The largest absolute Gasteiger partial charge is 0.398 e. The van der Waals surface area contributed by atoms with Crippen LogP contribution in [0.15, 0.2) is 24.3 Å². The van der Waals surface area contributed by atoms with Crippen molar-refractivity contribution in [1.82, 2.24) is 0 Å². The Morgan fingerprint density at radius 2 is 1.77 bits per heavy atom. The van der Waals surface area contributed by atoms with Gasteiger partial charge in [0.25, 0.3) is 0 Å². The molecule has 0 aromatic heterocycles. The molecule has 0 bridgehead atoms. The SMILES string of the molecule is Cc1cc2c(cc1C)C(Cc1cc(C)c(N)c(I)c1)CCC2. The fraction of sp³-hybridized carbons (Fsp3) is 0.400. The van der Waals surface area contributed by atoms with Gasteiger partial charge < -0.3 is 5.73 Å². The molecule has 0 saturated carbocycles. The van der Waals surface area contributed by atoms with E-state index in [2.05, 4.69) is 67.6 Å². The molecule has 0 aliphatic heterocycles. The molecular formula is C20H24IN. The van der Waals surface area contributed by atoms with Crippen LogP contribution in [0.1, 0.15) is 52.1 Å². The second kappa shape index (κ2) is 6.23. The Morgan fingerprint density at radius 3 is 2.50 bits per heavy atom. The summed E-state index contributed by atoms with van der Waals surface area (Å²) in [7, 11) is 0. The highest BCUT2D eigenvalue weighted by Crippen LogP contribution is 2.36. The molecule has 0 saturated heterocycles. The fourth-order valence-corrected chi connectivity index (χ4v) is 4.46. The molecule has 2 aromatic rings. The molecular weight excluding hydrogens is 381 g/mol. The Labute approximate surface area is 147 Å². The summed E-state index contributed by atoms with van der Waals surface area (Å²) in [6.45, 7) is 6.58. The van der Waals surface area contributed by atoms with Crippen LogP contribution in [0.3, 0.4) is 0 Å². The number of rotatable bonds is 2. The van der Waals surface area contributed by atoms with Gasteiger partial charge in [0.2, 0.25) is 0 Å². The van der Waals surface area contributed by atoms with Crippen molar-refractivity contribution in [2.24, 2.45) is 0 Å². The molecule has 0 radical (unpaired) electrons. The first-order valence-electron chi connectivity index (χ1n) is 8.10. The predicted octanol–water partition coefficient (Wildman–Crippen LogP) is 5.46. The van der Waals surface area contributed by atoms with Crippen molar-refractivity contribution in [3.63, 3.8) is 0 Å². The minimum atomic E-state index is 0.655. The maximum absolute atomic E-state index is 6.09. The monoisotopic (exact) mass is 405 g/mol. The molecule has 0 fully saturated rings. The van der Waals surface area contributed by atoms with E-state index in [1.54, 1.807) is 11.1 Å². The topological polar surface area (TPSA) is 26.0 Å². The first kappa shape index (κ1) is 15.9. The Balaban J connectivity index is 1.94.